The summed E-state index contributed by atoms with van der Waals surface area (Å²) in [6.45, 7) is 0. The van der Waals surface area contributed by atoms with Crippen LogP contribution in [0.4, 0.5) is 5.00 Å². The summed E-state index contributed by atoms with van der Waals surface area (Å²) in [5.41, 5.74) is 8.08. The van der Waals surface area contributed by atoms with Crippen LogP contribution in [0, 0.1) is 0 Å². The fourth-order valence-corrected chi connectivity index (χ4v) is 4.54. The van der Waals surface area contributed by atoms with Crippen molar-refractivity contribution in [3.05, 3.63) is 70.4 Å². The molecule has 0 spiro atoms. The van der Waals surface area contributed by atoms with E-state index in [1.807, 2.05) is 41.2 Å². The van der Waals surface area contributed by atoms with Crippen LogP contribution in [0.25, 0.3) is 5.69 Å². The molecule has 0 saturated carbocycles. The van der Waals surface area contributed by atoms with Crippen molar-refractivity contribution in [1.82, 2.24) is 4.57 Å². The molecule has 0 unspecified atom stereocenters. The van der Waals surface area contributed by atoms with E-state index in [1.54, 1.807) is 12.1 Å². The van der Waals surface area contributed by atoms with Gasteiger partial charge in [0.25, 0.3) is 11.8 Å². The molecule has 0 fully saturated rings. The molecule has 0 bridgehead atoms. The van der Waals surface area contributed by atoms with Gasteiger partial charge in [-0.2, -0.15) is 0 Å². The number of nitrogens with zero attached hydrogens (tertiary/aromatic N) is 1. The highest BCUT2D eigenvalue weighted by Gasteiger charge is 2.27. The van der Waals surface area contributed by atoms with Crippen LogP contribution in [-0.4, -0.2) is 22.2 Å². The lowest BCUT2D eigenvalue weighted by molar-refractivity contribution is -0.118. The van der Waals surface area contributed by atoms with E-state index in [0.717, 1.165) is 16.1 Å². The van der Waals surface area contributed by atoms with E-state index in [-0.39, 0.29) is 11.7 Å². The molecule has 0 radical (unpaired) electrons. The molecule has 0 aliphatic heterocycles. The van der Waals surface area contributed by atoms with Gasteiger partial charge in [-0.1, -0.05) is 0 Å². The summed E-state index contributed by atoms with van der Waals surface area (Å²) in [6.07, 6.45) is 5.03. The van der Waals surface area contributed by atoms with E-state index in [1.165, 1.54) is 11.3 Å². The molecule has 2 amide bonds. The summed E-state index contributed by atoms with van der Waals surface area (Å²) in [7, 11) is 0. The fraction of sp³-hybridized carbons (Fsp3) is 0.150. The number of nitrogens with two attached hydrogens (primary N) is 1. The first kappa shape index (κ1) is 17.2. The fourth-order valence-electron chi connectivity index (χ4n) is 3.27. The first-order valence-electron chi connectivity index (χ1n) is 8.53. The number of anilines is 1. The number of primary amides is 1. The minimum Gasteiger partial charge on any atom is -0.365 e. The highest BCUT2D eigenvalue weighted by Crippen LogP contribution is 2.37. The Bertz CT molecular complexity index is 1030. The highest BCUT2D eigenvalue weighted by molar-refractivity contribution is 7.17. The van der Waals surface area contributed by atoms with E-state index >= 15 is 0 Å². The number of hydrogen-bond donors (Lipinski definition) is 2. The van der Waals surface area contributed by atoms with Gasteiger partial charge in [0.1, 0.15) is 10.8 Å². The maximum absolute atomic E-state index is 12.6. The number of aromatic nitrogens is 1. The van der Waals surface area contributed by atoms with E-state index in [4.69, 9.17) is 5.73 Å². The summed E-state index contributed by atoms with van der Waals surface area (Å²) >= 11 is 1.26. The Morgan fingerprint density at radius 1 is 1.07 bits per heavy atom. The van der Waals surface area contributed by atoms with Gasteiger partial charge < -0.3 is 15.6 Å². The normalized spacial score (nSPS) is 13.3. The predicted octanol–water partition coefficient (Wildman–Crippen LogP) is 2.95. The number of rotatable bonds is 4. The van der Waals surface area contributed by atoms with Gasteiger partial charge in [-0.15, -0.1) is 11.3 Å². The van der Waals surface area contributed by atoms with Crippen molar-refractivity contribution in [3.8, 4) is 5.69 Å². The average Bonchev–Trinajstić information content (AvgIpc) is 3.29. The van der Waals surface area contributed by atoms with Gasteiger partial charge >= 0.3 is 0 Å². The van der Waals surface area contributed by atoms with E-state index in [2.05, 4.69) is 5.32 Å². The van der Waals surface area contributed by atoms with Crippen LogP contribution in [-0.2, 0) is 17.6 Å². The van der Waals surface area contributed by atoms with Crippen molar-refractivity contribution in [1.29, 1.82) is 0 Å². The molecule has 2 heterocycles. The van der Waals surface area contributed by atoms with Crippen molar-refractivity contribution in [2.75, 3.05) is 5.32 Å². The third-order valence-corrected chi connectivity index (χ3v) is 5.76. The number of amides is 2. The molecule has 4 rings (SSSR count). The topological polar surface area (TPSA) is 94.2 Å². The minimum atomic E-state index is -0.583. The third kappa shape index (κ3) is 3.29. The van der Waals surface area contributed by atoms with Gasteiger partial charge in [-0.25, -0.2) is 0 Å². The molecule has 1 aliphatic carbocycles. The van der Waals surface area contributed by atoms with Crippen molar-refractivity contribution in [3.63, 3.8) is 0 Å². The van der Waals surface area contributed by atoms with Crippen LogP contribution in [0.1, 0.15) is 37.6 Å². The Labute approximate surface area is 159 Å². The first-order chi connectivity index (χ1) is 13.0. The second kappa shape index (κ2) is 6.85. The largest absolute Gasteiger partial charge is 0.365 e. The molecule has 0 saturated heterocycles. The number of fused-ring (bicyclic) bond motifs is 1. The molecule has 1 aromatic carbocycles. The molecule has 3 N–H and O–H groups in total. The molecule has 136 valence electrons. The number of hydrogen-bond acceptors (Lipinski definition) is 4. The predicted molar refractivity (Wildman–Crippen MR) is 104 cm³/mol. The summed E-state index contributed by atoms with van der Waals surface area (Å²) < 4.78 is 1.94. The van der Waals surface area contributed by atoms with Crippen molar-refractivity contribution >= 4 is 33.9 Å². The number of Topliss-reactive ketones (excluding diaryl/α,β-unsaturated/α-hetero) is 1. The summed E-state index contributed by atoms with van der Waals surface area (Å²) in [4.78, 5) is 37.1. The van der Waals surface area contributed by atoms with Crippen LogP contribution >= 0.6 is 11.3 Å². The zero-order valence-electron chi connectivity index (χ0n) is 14.4. The maximum Gasteiger partial charge on any atom is 0.256 e. The van der Waals surface area contributed by atoms with Gasteiger partial charge in [0.15, 0.2) is 0 Å². The average molecular weight is 379 g/mol. The molecular weight excluding hydrogens is 362 g/mol. The van der Waals surface area contributed by atoms with Crippen LogP contribution in [0.5, 0.6) is 0 Å². The maximum atomic E-state index is 12.6. The molecule has 1 aliphatic rings. The van der Waals surface area contributed by atoms with E-state index < -0.39 is 5.91 Å². The lowest BCUT2D eigenvalue weighted by atomic mass is 9.94. The SMILES string of the molecule is NC(=O)c1c(NC(=O)c2ccc(-n3cccc3)cc2)sc2c1CCC(=O)C2. The number of carbonyl (C=O) groups excluding carboxylic acids is 3. The van der Waals surface area contributed by atoms with Crippen molar-refractivity contribution in [2.45, 2.75) is 19.3 Å². The molecule has 3 aromatic rings. The molecule has 7 heteroatoms. The molecule has 27 heavy (non-hydrogen) atoms. The molecular formula is C20H17N3O3S. The Hall–Kier alpha value is -3.19. The van der Waals surface area contributed by atoms with Gasteiger partial charge in [-0.05, 0) is 48.4 Å². The van der Waals surface area contributed by atoms with Crippen LogP contribution in [0.2, 0.25) is 0 Å². The lowest BCUT2D eigenvalue weighted by Crippen LogP contribution is -2.19. The quantitative estimate of drug-likeness (QED) is 0.730. The number of carbonyl (C=O) groups is 3. The highest BCUT2D eigenvalue weighted by atomic mass is 32.1. The standard InChI is InChI=1S/C20H17N3O3S/c21-18(25)17-15-8-7-14(24)11-16(15)27-20(17)22-19(26)12-3-5-13(6-4-12)23-9-1-2-10-23/h1-6,9-10H,7-8,11H2,(H2,21,25)(H,22,26). The van der Waals surface area contributed by atoms with Crippen LogP contribution < -0.4 is 11.1 Å². The van der Waals surface area contributed by atoms with Gasteiger partial charge in [0, 0.05) is 41.4 Å². The Morgan fingerprint density at radius 3 is 2.44 bits per heavy atom. The van der Waals surface area contributed by atoms with E-state index in [0.29, 0.717) is 35.4 Å². The van der Waals surface area contributed by atoms with Gasteiger partial charge in [-0.3, -0.25) is 14.4 Å². The first-order valence-corrected chi connectivity index (χ1v) is 9.35. The van der Waals surface area contributed by atoms with Gasteiger partial charge in [0.2, 0.25) is 0 Å². The summed E-state index contributed by atoms with van der Waals surface area (Å²) in [6, 6.07) is 11.0. The van der Waals surface area contributed by atoms with E-state index in [9.17, 15) is 14.4 Å². The van der Waals surface area contributed by atoms with Crippen molar-refractivity contribution in [2.24, 2.45) is 5.73 Å². The molecule has 2 aromatic heterocycles. The lowest BCUT2D eigenvalue weighted by Gasteiger charge is -2.10. The number of benzene rings is 1. The zero-order valence-corrected chi connectivity index (χ0v) is 15.2. The smallest absolute Gasteiger partial charge is 0.256 e. The van der Waals surface area contributed by atoms with Gasteiger partial charge in [0.05, 0.1) is 5.56 Å². The zero-order chi connectivity index (χ0) is 19.0. The molecule has 6 nitrogen and oxygen atoms in total. The second-order valence-electron chi connectivity index (χ2n) is 6.38. The van der Waals surface area contributed by atoms with Crippen LogP contribution in [0.15, 0.2) is 48.8 Å². The van der Waals surface area contributed by atoms with Crippen molar-refractivity contribution < 1.29 is 14.4 Å². The number of thiophene rings is 1. The Morgan fingerprint density at radius 2 is 1.78 bits per heavy atom. The Kier molecular flexibility index (Phi) is 4.37. The Balaban J connectivity index is 1.59. The number of ketones is 1. The summed E-state index contributed by atoms with van der Waals surface area (Å²) in [5.74, 6) is -0.764. The van der Waals surface area contributed by atoms with Crippen LogP contribution in [0.3, 0.4) is 0 Å². The minimum absolute atomic E-state index is 0.137. The molecule has 0 atom stereocenters. The monoisotopic (exact) mass is 379 g/mol. The second-order valence-corrected chi connectivity index (χ2v) is 7.48. The summed E-state index contributed by atoms with van der Waals surface area (Å²) in [5, 5.41) is 3.21. The third-order valence-electron chi connectivity index (χ3n) is 4.61. The number of nitrogens with one attached hydrogen (secondary N) is 1.